The summed E-state index contributed by atoms with van der Waals surface area (Å²) < 4.78 is 4.17. The summed E-state index contributed by atoms with van der Waals surface area (Å²) in [4.78, 5) is 41.6. The number of halogens is 1. The van der Waals surface area contributed by atoms with Crippen LogP contribution in [-0.2, 0) is 24.4 Å². The number of aryl methyl sites for hydroxylation is 1. The van der Waals surface area contributed by atoms with Crippen molar-refractivity contribution in [3.8, 4) is 0 Å². The average molecular weight is 375 g/mol. The Bertz CT molecular complexity index is 1080. The van der Waals surface area contributed by atoms with E-state index in [9.17, 15) is 14.4 Å². The Morgan fingerprint density at radius 2 is 1.85 bits per heavy atom. The van der Waals surface area contributed by atoms with E-state index in [4.69, 9.17) is 11.6 Å². The summed E-state index contributed by atoms with van der Waals surface area (Å²) in [6, 6.07) is 6.97. The smallest absolute Gasteiger partial charge is 0.317 e. The number of carbonyl (C=O) groups excluding carboxylic acids is 1. The molecule has 2 aromatic heterocycles. The second-order valence-corrected chi connectivity index (χ2v) is 6.64. The molecule has 0 aliphatic heterocycles. The molecule has 0 aliphatic rings. The third-order valence-electron chi connectivity index (χ3n) is 4.08. The van der Waals surface area contributed by atoms with E-state index in [-0.39, 0.29) is 24.4 Å². The van der Waals surface area contributed by atoms with Gasteiger partial charge >= 0.3 is 5.69 Å². The van der Waals surface area contributed by atoms with E-state index in [0.29, 0.717) is 23.6 Å². The second kappa shape index (κ2) is 7.29. The molecule has 8 heteroatoms. The molecule has 0 saturated carbocycles. The molecule has 3 aromatic rings. The minimum absolute atomic E-state index is 0.0387. The van der Waals surface area contributed by atoms with Crippen LogP contribution in [-0.4, -0.2) is 24.5 Å². The molecule has 2 heterocycles. The summed E-state index contributed by atoms with van der Waals surface area (Å²) >= 11 is 5.90. The Morgan fingerprint density at radius 1 is 1.15 bits per heavy atom. The highest BCUT2D eigenvalue weighted by molar-refractivity contribution is 6.30. The largest absolute Gasteiger partial charge is 0.333 e. The van der Waals surface area contributed by atoms with E-state index in [2.05, 4.69) is 4.98 Å². The van der Waals surface area contributed by atoms with Crippen molar-refractivity contribution >= 4 is 28.5 Å². The SMILES string of the molecule is CCCn1c(=O)n(Cc2ccc(Cl)cc2)c(=O)c2c1ncn2CC(C)=O. The molecule has 0 radical (unpaired) electrons. The second-order valence-electron chi connectivity index (χ2n) is 6.20. The fraction of sp³-hybridized carbons (Fsp3) is 0.333. The van der Waals surface area contributed by atoms with E-state index >= 15 is 0 Å². The minimum Gasteiger partial charge on any atom is -0.317 e. The molecule has 3 rings (SSSR count). The zero-order valence-electron chi connectivity index (χ0n) is 14.6. The molecule has 0 unspecified atom stereocenters. The van der Waals surface area contributed by atoms with Gasteiger partial charge in [0.25, 0.3) is 5.56 Å². The maximum Gasteiger partial charge on any atom is 0.333 e. The van der Waals surface area contributed by atoms with Crippen LogP contribution in [0.15, 0.2) is 40.2 Å². The van der Waals surface area contributed by atoms with Crippen molar-refractivity contribution in [2.45, 2.75) is 39.9 Å². The first-order chi connectivity index (χ1) is 12.4. The lowest BCUT2D eigenvalue weighted by Gasteiger charge is -2.12. The molecule has 0 saturated heterocycles. The maximum atomic E-state index is 13.0. The summed E-state index contributed by atoms with van der Waals surface area (Å²) in [7, 11) is 0. The van der Waals surface area contributed by atoms with Gasteiger partial charge in [-0.25, -0.2) is 9.78 Å². The summed E-state index contributed by atoms with van der Waals surface area (Å²) in [6.45, 7) is 3.99. The van der Waals surface area contributed by atoms with E-state index in [1.54, 1.807) is 24.3 Å². The highest BCUT2D eigenvalue weighted by atomic mass is 35.5. The number of benzene rings is 1. The molecule has 0 N–H and O–H groups in total. The third kappa shape index (κ3) is 3.35. The Hall–Kier alpha value is -2.67. The van der Waals surface area contributed by atoms with Crippen molar-refractivity contribution in [1.29, 1.82) is 0 Å². The lowest BCUT2D eigenvalue weighted by molar-refractivity contribution is -0.117. The van der Waals surface area contributed by atoms with Crippen LogP contribution in [0.5, 0.6) is 0 Å². The molecule has 136 valence electrons. The summed E-state index contributed by atoms with van der Waals surface area (Å²) in [6.07, 6.45) is 2.15. The molecule has 0 fully saturated rings. The zero-order chi connectivity index (χ0) is 18.8. The predicted octanol–water partition coefficient (Wildman–Crippen LogP) is 2.06. The van der Waals surface area contributed by atoms with Gasteiger partial charge in [0.15, 0.2) is 11.2 Å². The Kier molecular flexibility index (Phi) is 5.08. The molecular formula is C18H19ClN4O3. The molecule has 0 atom stereocenters. The number of fused-ring (bicyclic) bond motifs is 1. The topological polar surface area (TPSA) is 78.9 Å². The van der Waals surface area contributed by atoms with Gasteiger partial charge in [-0.2, -0.15) is 0 Å². The fourth-order valence-corrected chi connectivity index (χ4v) is 3.06. The normalized spacial score (nSPS) is 11.2. The Labute approximate surface area is 154 Å². The van der Waals surface area contributed by atoms with Crippen LogP contribution in [0.1, 0.15) is 25.8 Å². The number of carbonyl (C=O) groups is 1. The van der Waals surface area contributed by atoms with Crippen LogP contribution in [0.4, 0.5) is 0 Å². The maximum absolute atomic E-state index is 13.0. The van der Waals surface area contributed by atoms with Gasteiger partial charge in [-0.1, -0.05) is 30.7 Å². The number of imidazole rings is 1. The number of nitrogens with zero attached hydrogens (tertiary/aromatic N) is 4. The first-order valence-corrected chi connectivity index (χ1v) is 8.72. The molecule has 0 bridgehead atoms. The van der Waals surface area contributed by atoms with Gasteiger partial charge in [0.2, 0.25) is 0 Å². The van der Waals surface area contributed by atoms with Gasteiger partial charge in [-0.3, -0.25) is 18.7 Å². The van der Waals surface area contributed by atoms with E-state index in [1.165, 1.54) is 27.0 Å². The molecule has 1 aromatic carbocycles. The number of hydrogen-bond donors (Lipinski definition) is 0. The van der Waals surface area contributed by atoms with Gasteiger partial charge in [-0.05, 0) is 31.0 Å². The van der Waals surface area contributed by atoms with Crippen LogP contribution >= 0.6 is 11.6 Å². The minimum atomic E-state index is -0.453. The van der Waals surface area contributed by atoms with Crippen LogP contribution in [0, 0.1) is 0 Å². The van der Waals surface area contributed by atoms with E-state index in [1.807, 2.05) is 6.92 Å². The van der Waals surface area contributed by atoms with Gasteiger partial charge in [0.1, 0.15) is 5.78 Å². The summed E-state index contributed by atoms with van der Waals surface area (Å²) in [5.74, 6) is -0.0961. The van der Waals surface area contributed by atoms with Crippen LogP contribution in [0.3, 0.4) is 0 Å². The monoisotopic (exact) mass is 374 g/mol. The van der Waals surface area contributed by atoms with Crippen LogP contribution in [0.25, 0.3) is 11.2 Å². The summed E-state index contributed by atoms with van der Waals surface area (Å²) in [5, 5.41) is 0.583. The molecule has 0 spiro atoms. The number of hydrogen-bond acceptors (Lipinski definition) is 4. The van der Waals surface area contributed by atoms with Gasteiger partial charge < -0.3 is 4.57 Å². The molecule has 26 heavy (non-hydrogen) atoms. The van der Waals surface area contributed by atoms with Gasteiger partial charge in [0.05, 0.1) is 19.4 Å². The lowest BCUT2D eigenvalue weighted by Crippen LogP contribution is -2.41. The van der Waals surface area contributed by atoms with E-state index < -0.39 is 11.2 Å². The predicted molar refractivity (Wildman–Crippen MR) is 99.8 cm³/mol. The first kappa shape index (κ1) is 18.1. The van der Waals surface area contributed by atoms with Gasteiger partial charge in [0, 0.05) is 11.6 Å². The van der Waals surface area contributed by atoms with Crippen molar-refractivity contribution in [2.75, 3.05) is 0 Å². The average Bonchev–Trinajstić information content (AvgIpc) is 3.00. The molecule has 0 aliphatic carbocycles. The lowest BCUT2D eigenvalue weighted by atomic mass is 10.2. The zero-order valence-corrected chi connectivity index (χ0v) is 15.4. The first-order valence-electron chi connectivity index (χ1n) is 8.34. The highest BCUT2D eigenvalue weighted by Gasteiger charge is 2.18. The Balaban J connectivity index is 2.23. The van der Waals surface area contributed by atoms with Crippen molar-refractivity contribution in [1.82, 2.24) is 18.7 Å². The van der Waals surface area contributed by atoms with Crippen molar-refractivity contribution in [2.24, 2.45) is 0 Å². The van der Waals surface area contributed by atoms with Crippen LogP contribution < -0.4 is 11.2 Å². The van der Waals surface area contributed by atoms with E-state index in [0.717, 1.165) is 5.56 Å². The summed E-state index contributed by atoms with van der Waals surface area (Å²) in [5.41, 5.74) is 0.504. The number of rotatable bonds is 6. The quantitative estimate of drug-likeness (QED) is 0.661. The van der Waals surface area contributed by atoms with Gasteiger partial charge in [-0.15, -0.1) is 0 Å². The van der Waals surface area contributed by atoms with Crippen molar-refractivity contribution in [3.05, 3.63) is 62.0 Å². The highest BCUT2D eigenvalue weighted by Crippen LogP contribution is 2.11. The molecular weight excluding hydrogens is 356 g/mol. The fourth-order valence-electron chi connectivity index (χ4n) is 2.94. The number of ketones is 1. The van der Waals surface area contributed by atoms with Crippen molar-refractivity contribution in [3.63, 3.8) is 0 Å². The number of Topliss-reactive ketones (excluding diaryl/α,β-unsaturated/α-hetero) is 1. The van der Waals surface area contributed by atoms with Crippen molar-refractivity contribution < 1.29 is 4.79 Å². The standard InChI is InChI=1S/C18H19ClN4O3/c1-3-8-22-16-15(21(11-20-16)9-12(2)24)17(25)23(18(22)26)10-13-4-6-14(19)7-5-13/h4-7,11H,3,8-10H2,1-2H3. The molecule has 7 nitrogen and oxygen atoms in total. The third-order valence-corrected chi connectivity index (χ3v) is 4.33. The van der Waals surface area contributed by atoms with Crippen LogP contribution in [0.2, 0.25) is 5.02 Å². The molecule has 0 amide bonds. The number of aromatic nitrogens is 4. The Morgan fingerprint density at radius 3 is 2.46 bits per heavy atom.